The summed E-state index contributed by atoms with van der Waals surface area (Å²) in [6, 6.07) is 0. The van der Waals surface area contributed by atoms with Gasteiger partial charge in [-0.15, -0.1) is 6.42 Å². The Hall–Kier alpha value is -0.450. The van der Waals surface area contributed by atoms with Crippen LogP contribution in [0.2, 0.25) is 0 Å². The summed E-state index contributed by atoms with van der Waals surface area (Å²) in [5.41, 5.74) is -1.65. The molecule has 0 radical (unpaired) electrons. The van der Waals surface area contributed by atoms with E-state index in [1.165, 1.54) is 0 Å². The lowest BCUT2D eigenvalue weighted by molar-refractivity contribution is -0.134. The first-order valence-electron chi connectivity index (χ1n) is 4.01. The summed E-state index contributed by atoms with van der Waals surface area (Å²) in [5.74, 6) is 2.04. The van der Waals surface area contributed by atoms with Crippen molar-refractivity contribution in [3.8, 4) is 12.3 Å². The number of phosphoric acid groups is 1. The van der Waals surface area contributed by atoms with Crippen LogP contribution in [0.25, 0.3) is 0 Å². The number of ether oxygens (including phenoxy) is 1. The highest BCUT2D eigenvalue weighted by Crippen LogP contribution is 2.42. The molecule has 1 fully saturated rings. The van der Waals surface area contributed by atoms with Crippen LogP contribution in [0.3, 0.4) is 0 Å². The Labute approximate surface area is 85.9 Å². The van der Waals surface area contributed by atoms with Gasteiger partial charge in [-0.3, -0.25) is 4.52 Å². The van der Waals surface area contributed by atoms with Crippen molar-refractivity contribution < 1.29 is 33.8 Å². The van der Waals surface area contributed by atoms with Gasteiger partial charge in [-0.25, -0.2) is 4.57 Å². The number of hydrogen-bond acceptors (Lipinski definition) is 5. The van der Waals surface area contributed by atoms with E-state index < -0.39 is 32.4 Å². The van der Waals surface area contributed by atoms with Gasteiger partial charge >= 0.3 is 7.82 Å². The zero-order valence-corrected chi connectivity index (χ0v) is 8.50. The van der Waals surface area contributed by atoms with Crippen LogP contribution in [0.4, 0.5) is 0 Å². The maximum Gasteiger partial charge on any atom is 0.471 e. The van der Waals surface area contributed by atoms with Crippen LogP contribution in [0, 0.1) is 12.3 Å². The number of hydrogen-bond donors (Lipinski definition) is 4. The summed E-state index contributed by atoms with van der Waals surface area (Å²) in [5, 5.41) is 18.4. The van der Waals surface area contributed by atoms with Crippen LogP contribution < -0.4 is 0 Å². The second-order valence-electron chi connectivity index (χ2n) is 3.09. The molecule has 3 atom stereocenters. The van der Waals surface area contributed by atoms with Crippen LogP contribution in [0.5, 0.6) is 0 Å². The third-order valence-corrected chi connectivity index (χ3v) is 2.54. The fourth-order valence-corrected chi connectivity index (χ4v) is 1.71. The van der Waals surface area contributed by atoms with Gasteiger partial charge in [-0.2, -0.15) is 0 Å². The van der Waals surface area contributed by atoms with Gasteiger partial charge in [-0.05, 0) is 0 Å². The third kappa shape index (κ3) is 2.77. The number of aliphatic hydroxyl groups is 2. The number of aliphatic hydroxyl groups excluding tert-OH is 2. The highest BCUT2D eigenvalue weighted by atomic mass is 31.2. The zero-order chi connectivity index (χ0) is 11.7. The first-order chi connectivity index (χ1) is 6.83. The van der Waals surface area contributed by atoms with Crippen molar-refractivity contribution in [3.63, 3.8) is 0 Å². The first-order valence-corrected chi connectivity index (χ1v) is 5.54. The van der Waals surface area contributed by atoms with Crippen LogP contribution in [-0.4, -0.2) is 44.6 Å². The van der Waals surface area contributed by atoms with Gasteiger partial charge in [0.1, 0.15) is 6.10 Å². The van der Waals surface area contributed by atoms with E-state index in [-0.39, 0.29) is 6.42 Å². The molecule has 0 saturated carbocycles. The number of phosphoric ester groups is 1. The van der Waals surface area contributed by atoms with Gasteiger partial charge in [0.25, 0.3) is 0 Å². The normalized spacial score (nSPS) is 36.5. The molecular weight excluding hydrogens is 227 g/mol. The summed E-state index contributed by atoms with van der Waals surface area (Å²) in [6.07, 6.45) is 2.28. The average molecular weight is 238 g/mol. The standard InChI is InChI=1S/C7H11O7P/c1-2-7(4-8)5(9)3-6(13-7)14-15(10,11)12/h1,5-6,8-9H,3-4H2,(H2,10,11,12)/t5-,6?,7+/m0/s1. The Morgan fingerprint density at radius 3 is 2.60 bits per heavy atom. The lowest BCUT2D eigenvalue weighted by atomic mass is 9.99. The van der Waals surface area contributed by atoms with Crippen LogP contribution >= 0.6 is 7.82 Å². The van der Waals surface area contributed by atoms with Crippen molar-refractivity contribution in [2.45, 2.75) is 24.4 Å². The first kappa shape index (κ1) is 12.6. The fraction of sp³-hybridized carbons (Fsp3) is 0.714. The molecule has 0 aromatic heterocycles. The van der Waals surface area contributed by atoms with Gasteiger partial charge in [0.05, 0.1) is 6.61 Å². The Morgan fingerprint density at radius 1 is 1.67 bits per heavy atom. The van der Waals surface area contributed by atoms with E-state index in [0.29, 0.717) is 0 Å². The number of rotatable bonds is 3. The van der Waals surface area contributed by atoms with Crippen LogP contribution in [0.15, 0.2) is 0 Å². The van der Waals surface area contributed by atoms with Gasteiger partial charge < -0.3 is 24.7 Å². The molecule has 7 nitrogen and oxygen atoms in total. The molecule has 1 saturated heterocycles. The summed E-state index contributed by atoms with van der Waals surface area (Å²) in [7, 11) is -4.71. The van der Waals surface area contributed by atoms with Crippen molar-refractivity contribution in [1.29, 1.82) is 0 Å². The molecule has 1 rings (SSSR count). The van der Waals surface area contributed by atoms with E-state index in [2.05, 4.69) is 4.52 Å². The lowest BCUT2D eigenvalue weighted by Gasteiger charge is -2.23. The van der Waals surface area contributed by atoms with Gasteiger partial charge in [0.2, 0.25) is 0 Å². The summed E-state index contributed by atoms with van der Waals surface area (Å²) in [6.45, 7) is -0.661. The highest BCUT2D eigenvalue weighted by Gasteiger charge is 2.48. The highest BCUT2D eigenvalue weighted by molar-refractivity contribution is 7.46. The van der Waals surface area contributed by atoms with E-state index in [1.54, 1.807) is 0 Å². The summed E-state index contributed by atoms with van der Waals surface area (Å²) < 4.78 is 19.6. The zero-order valence-electron chi connectivity index (χ0n) is 7.61. The molecule has 1 heterocycles. The minimum atomic E-state index is -4.71. The Balaban J connectivity index is 2.72. The van der Waals surface area contributed by atoms with Crippen LogP contribution in [0.1, 0.15) is 6.42 Å². The molecule has 0 aliphatic carbocycles. The van der Waals surface area contributed by atoms with Crippen molar-refractivity contribution in [1.82, 2.24) is 0 Å². The van der Waals surface area contributed by atoms with Crippen LogP contribution in [-0.2, 0) is 13.8 Å². The predicted octanol–water partition coefficient (Wildman–Crippen LogP) is -1.43. The molecule has 0 aromatic rings. The van der Waals surface area contributed by atoms with Crippen molar-refractivity contribution in [3.05, 3.63) is 0 Å². The molecule has 0 bridgehead atoms. The Kier molecular flexibility index (Phi) is 3.53. The summed E-state index contributed by atoms with van der Waals surface area (Å²) >= 11 is 0. The molecule has 8 heteroatoms. The minimum absolute atomic E-state index is 0.212. The quantitative estimate of drug-likeness (QED) is 0.351. The predicted molar refractivity (Wildman–Crippen MR) is 47.3 cm³/mol. The molecule has 86 valence electrons. The lowest BCUT2D eigenvalue weighted by Crippen LogP contribution is -2.41. The fourth-order valence-electron chi connectivity index (χ4n) is 1.27. The molecule has 1 aliphatic rings. The van der Waals surface area contributed by atoms with Crippen molar-refractivity contribution >= 4 is 7.82 Å². The third-order valence-electron chi connectivity index (χ3n) is 2.03. The molecule has 4 N–H and O–H groups in total. The molecule has 0 amide bonds. The van der Waals surface area contributed by atoms with E-state index in [0.717, 1.165) is 0 Å². The maximum atomic E-state index is 10.5. The average Bonchev–Trinajstić information content (AvgIpc) is 2.40. The monoisotopic (exact) mass is 238 g/mol. The largest absolute Gasteiger partial charge is 0.471 e. The molecule has 1 aliphatic heterocycles. The molecule has 0 aromatic carbocycles. The minimum Gasteiger partial charge on any atom is -0.392 e. The Bertz CT molecular complexity index is 318. The topological polar surface area (TPSA) is 116 Å². The SMILES string of the molecule is C#C[C@]1(CO)OC(OP(=O)(O)O)C[C@@H]1O. The van der Waals surface area contributed by atoms with E-state index in [9.17, 15) is 9.67 Å². The number of terminal acetylenes is 1. The second kappa shape index (κ2) is 4.20. The van der Waals surface area contributed by atoms with Crippen molar-refractivity contribution in [2.75, 3.05) is 6.61 Å². The van der Waals surface area contributed by atoms with Gasteiger partial charge in [0, 0.05) is 6.42 Å². The molecular formula is C7H11O7P. The molecule has 1 unspecified atom stereocenters. The van der Waals surface area contributed by atoms with E-state index in [4.69, 9.17) is 26.1 Å². The maximum absolute atomic E-state index is 10.5. The smallest absolute Gasteiger partial charge is 0.392 e. The molecule has 15 heavy (non-hydrogen) atoms. The van der Waals surface area contributed by atoms with Crippen molar-refractivity contribution in [2.24, 2.45) is 0 Å². The van der Waals surface area contributed by atoms with E-state index >= 15 is 0 Å². The Morgan fingerprint density at radius 2 is 2.27 bits per heavy atom. The van der Waals surface area contributed by atoms with E-state index in [1.807, 2.05) is 5.92 Å². The van der Waals surface area contributed by atoms with Gasteiger partial charge in [0.15, 0.2) is 11.9 Å². The van der Waals surface area contributed by atoms with Gasteiger partial charge in [-0.1, -0.05) is 5.92 Å². The second-order valence-corrected chi connectivity index (χ2v) is 4.28. The summed E-state index contributed by atoms with van der Waals surface area (Å²) in [4.78, 5) is 17.0. The molecule has 0 spiro atoms.